The van der Waals surface area contributed by atoms with Crippen molar-refractivity contribution in [2.24, 2.45) is 0 Å². The minimum atomic E-state index is 0.698. The lowest BCUT2D eigenvalue weighted by molar-refractivity contribution is 0.404. The first-order valence-electron chi connectivity index (χ1n) is 6.49. The lowest BCUT2D eigenvalue weighted by Crippen LogP contribution is -1.89. The van der Waals surface area contributed by atoms with E-state index in [-0.39, 0.29) is 0 Å². The first kappa shape index (κ1) is 14.4. The first-order valence-corrected chi connectivity index (χ1v) is 8.70. The average Bonchev–Trinajstić information content (AvgIpc) is 2.95. The molecule has 0 aliphatic heterocycles. The van der Waals surface area contributed by atoms with Crippen LogP contribution < -0.4 is 4.74 Å². The van der Waals surface area contributed by atoms with Gasteiger partial charge < -0.3 is 9.15 Å². The number of ether oxygens (including phenoxy) is 1. The molecule has 0 aliphatic rings. The van der Waals surface area contributed by atoms with Crippen LogP contribution in [0.2, 0.25) is 0 Å². The molecule has 21 heavy (non-hydrogen) atoms. The summed E-state index contributed by atoms with van der Waals surface area (Å²) in [5.41, 5.74) is 2.92. The van der Waals surface area contributed by atoms with E-state index >= 15 is 0 Å². The Morgan fingerprint density at radius 2 is 2.05 bits per heavy atom. The predicted molar refractivity (Wildman–Crippen MR) is 88.3 cm³/mol. The van der Waals surface area contributed by atoms with Crippen LogP contribution in [0.3, 0.4) is 0 Å². The number of methoxy groups -OCH3 is 1. The minimum Gasteiger partial charge on any atom is -0.496 e. The molecular formula is C16H15NO2S2. The molecule has 0 fully saturated rings. The van der Waals surface area contributed by atoms with Crippen molar-refractivity contribution in [1.29, 1.82) is 0 Å². The molecule has 3 nitrogen and oxygen atoms in total. The maximum absolute atomic E-state index is 5.71. The van der Waals surface area contributed by atoms with E-state index in [0.717, 1.165) is 27.5 Å². The molecule has 0 radical (unpaired) electrons. The molecule has 1 heterocycles. The molecule has 0 amide bonds. The fourth-order valence-electron chi connectivity index (χ4n) is 2.03. The Hall–Kier alpha value is -1.59. The molecule has 0 atom stereocenters. The van der Waals surface area contributed by atoms with Crippen LogP contribution in [0, 0.1) is 0 Å². The standard InChI is InChI=1S/C16H15NO2S2/c1-18-14-9-11(7-8-15(14)20-2)10-21-16-17-12-5-3-4-6-13(12)19-16/h3-9H,10H2,1-2H3. The Kier molecular flexibility index (Phi) is 4.41. The van der Waals surface area contributed by atoms with Crippen molar-refractivity contribution < 1.29 is 9.15 Å². The molecule has 0 aliphatic carbocycles. The van der Waals surface area contributed by atoms with Gasteiger partial charge >= 0.3 is 0 Å². The Bertz CT molecular complexity index is 722. The largest absolute Gasteiger partial charge is 0.496 e. The zero-order valence-electron chi connectivity index (χ0n) is 11.8. The van der Waals surface area contributed by atoms with E-state index in [9.17, 15) is 0 Å². The molecule has 2 aromatic carbocycles. The maximum Gasteiger partial charge on any atom is 0.257 e. The maximum atomic E-state index is 5.71. The number of hydrogen-bond donors (Lipinski definition) is 0. The third-order valence-electron chi connectivity index (χ3n) is 3.08. The summed E-state index contributed by atoms with van der Waals surface area (Å²) in [5.74, 6) is 1.72. The van der Waals surface area contributed by atoms with E-state index in [2.05, 4.69) is 23.2 Å². The normalized spacial score (nSPS) is 11.0. The van der Waals surface area contributed by atoms with Crippen molar-refractivity contribution >= 4 is 34.6 Å². The predicted octanol–water partition coefficient (Wildman–Crippen LogP) is 4.85. The van der Waals surface area contributed by atoms with Crippen molar-refractivity contribution in [3.8, 4) is 5.75 Å². The van der Waals surface area contributed by atoms with Gasteiger partial charge in [-0.2, -0.15) is 0 Å². The second kappa shape index (κ2) is 6.45. The van der Waals surface area contributed by atoms with Crippen LogP contribution in [0.25, 0.3) is 11.1 Å². The summed E-state index contributed by atoms with van der Waals surface area (Å²) in [5, 5.41) is 0.698. The highest BCUT2D eigenvalue weighted by Crippen LogP contribution is 2.31. The van der Waals surface area contributed by atoms with Crippen molar-refractivity contribution in [3.63, 3.8) is 0 Å². The van der Waals surface area contributed by atoms with Crippen LogP contribution >= 0.6 is 23.5 Å². The minimum absolute atomic E-state index is 0.698. The molecule has 3 rings (SSSR count). The number of aromatic nitrogens is 1. The molecule has 0 bridgehead atoms. The summed E-state index contributed by atoms with van der Waals surface area (Å²) in [7, 11) is 1.70. The van der Waals surface area contributed by atoms with Crippen LogP contribution in [0.1, 0.15) is 5.56 Å². The topological polar surface area (TPSA) is 35.3 Å². The highest BCUT2D eigenvalue weighted by Gasteiger charge is 2.08. The van der Waals surface area contributed by atoms with Crippen molar-refractivity contribution in [3.05, 3.63) is 48.0 Å². The summed E-state index contributed by atoms with van der Waals surface area (Å²) >= 11 is 3.28. The highest BCUT2D eigenvalue weighted by atomic mass is 32.2. The molecule has 5 heteroatoms. The van der Waals surface area contributed by atoms with Gasteiger partial charge in [0.25, 0.3) is 5.22 Å². The van der Waals surface area contributed by atoms with Crippen molar-refractivity contribution in [1.82, 2.24) is 4.98 Å². The molecule has 1 aromatic heterocycles. The van der Waals surface area contributed by atoms with Crippen LogP contribution in [0.5, 0.6) is 5.75 Å². The Morgan fingerprint density at radius 3 is 2.81 bits per heavy atom. The lowest BCUT2D eigenvalue weighted by atomic mass is 10.2. The number of fused-ring (bicyclic) bond motifs is 1. The van der Waals surface area contributed by atoms with E-state index in [1.54, 1.807) is 30.6 Å². The molecule has 0 spiro atoms. The summed E-state index contributed by atoms with van der Waals surface area (Å²) in [6.07, 6.45) is 2.05. The fourth-order valence-corrected chi connectivity index (χ4v) is 3.36. The van der Waals surface area contributed by atoms with Crippen molar-refractivity contribution in [2.75, 3.05) is 13.4 Å². The fraction of sp³-hybridized carbons (Fsp3) is 0.188. The molecule has 3 aromatic rings. The van der Waals surface area contributed by atoms with Gasteiger partial charge in [0.1, 0.15) is 11.3 Å². The Balaban J connectivity index is 1.75. The molecule has 0 saturated carbocycles. The number of para-hydroxylation sites is 2. The number of hydrogen-bond acceptors (Lipinski definition) is 5. The Labute approximate surface area is 132 Å². The van der Waals surface area contributed by atoms with Gasteiger partial charge in [0.2, 0.25) is 0 Å². The van der Waals surface area contributed by atoms with Gasteiger partial charge in [-0.1, -0.05) is 30.0 Å². The van der Waals surface area contributed by atoms with Crippen LogP contribution in [-0.2, 0) is 5.75 Å². The zero-order valence-corrected chi connectivity index (χ0v) is 13.5. The number of oxazole rings is 1. The van der Waals surface area contributed by atoms with E-state index < -0.39 is 0 Å². The SMILES string of the molecule is COc1cc(CSc2nc3ccccc3o2)ccc1SC. The zero-order chi connectivity index (χ0) is 14.7. The van der Waals surface area contributed by atoms with Crippen LogP contribution in [-0.4, -0.2) is 18.3 Å². The second-order valence-electron chi connectivity index (χ2n) is 4.43. The molecule has 0 N–H and O–H groups in total. The number of benzene rings is 2. The molecular weight excluding hydrogens is 302 g/mol. The van der Waals surface area contributed by atoms with Gasteiger partial charge in [-0.3, -0.25) is 0 Å². The van der Waals surface area contributed by atoms with E-state index in [1.807, 2.05) is 30.5 Å². The summed E-state index contributed by atoms with van der Waals surface area (Å²) in [6.45, 7) is 0. The van der Waals surface area contributed by atoms with Crippen molar-refractivity contribution in [2.45, 2.75) is 15.9 Å². The third kappa shape index (κ3) is 3.19. The van der Waals surface area contributed by atoms with Gasteiger partial charge in [0, 0.05) is 10.6 Å². The van der Waals surface area contributed by atoms with Gasteiger partial charge in [-0.25, -0.2) is 4.98 Å². The van der Waals surface area contributed by atoms with E-state index in [1.165, 1.54) is 5.56 Å². The number of rotatable bonds is 5. The van der Waals surface area contributed by atoms with Gasteiger partial charge in [0.05, 0.1) is 7.11 Å². The van der Waals surface area contributed by atoms with E-state index in [0.29, 0.717) is 5.22 Å². The van der Waals surface area contributed by atoms with Gasteiger partial charge in [-0.05, 0) is 36.1 Å². The third-order valence-corrected chi connectivity index (χ3v) is 4.76. The average molecular weight is 317 g/mol. The number of nitrogens with zero attached hydrogens (tertiary/aromatic N) is 1. The monoisotopic (exact) mass is 317 g/mol. The lowest BCUT2D eigenvalue weighted by Gasteiger charge is -2.08. The molecule has 0 unspecified atom stereocenters. The number of thioether (sulfide) groups is 2. The van der Waals surface area contributed by atoms with Gasteiger partial charge in [-0.15, -0.1) is 11.8 Å². The second-order valence-corrected chi connectivity index (χ2v) is 6.20. The smallest absolute Gasteiger partial charge is 0.257 e. The Morgan fingerprint density at radius 1 is 1.19 bits per heavy atom. The molecule has 108 valence electrons. The summed E-state index contributed by atoms with van der Waals surface area (Å²) < 4.78 is 11.1. The quantitative estimate of drug-likeness (QED) is 0.628. The highest BCUT2D eigenvalue weighted by molar-refractivity contribution is 7.98. The first-order chi connectivity index (χ1) is 10.3. The van der Waals surface area contributed by atoms with Gasteiger partial charge in [0.15, 0.2) is 5.58 Å². The van der Waals surface area contributed by atoms with E-state index in [4.69, 9.17) is 9.15 Å². The van der Waals surface area contributed by atoms with Crippen LogP contribution in [0.4, 0.5) is 0 Å². The molecule has 0 saturated heterocycles. The van der Waals surface area contributed by atoms with Crippen LogP contribution in [0.15, 0.2) is 57.0 Å². The summed E-state index contributed by atoms with van der Waals surface area (Å²) in [6, 6.07) is 14.1. The summed E-state index contributed by atoms with van der Waals surface area (Å²) in [4.78, 5) is 5.61.